The lowest BCUT2D eigenvalue weighted by Gasteiger charge is -2.14. The summed E-state index contributed by atoms with van der Waals surface area (Å²) >= 11 is 12.0. The minimum atomic E-state index is -0.833. The zero-order valence-corrected chi connectivity index (χ0v) is 27.3. The number of carbonyl (C=O) groups is 2. The van der Waals surface area contributed by atoms with Crippen molar-refractivity contribution in [2.45, 2.75) is 51.9 Å². The molecule has 2 amide bonds. The molecule has 1 atom stereocenters. The number of phenols is 1. The molecule has 3 aromatic rings. The van der Waals surface area contributed by atoms with E-state index >= 15 is 0 Å². The van der Waals surface area contributed by atoms with Crippen LogP contribution in [0, 0.1) is 0 Å². The van der Waals surface area contributed by atoms with Crippen LogP contribution < -0.4 is 16.0 Å². The van der Waals surface area contributed by atoms with Crippen molar-refractivity contribution >= 4 is 46.6 Å². The summed E-state index contributed by atoms with van der Waals surface area (Å²) in [5.74, 6) is -0.808. The van der Waals surface area contributed by atoms with Crippen molar-refractivity contribution in [2.24, 2.45) is 0 Å². The number of amides is 2. The van der Waals surface area contributed by atoms with Crippen LogP contribution in [0.25, 0.3) is 0 Å². The van der Waals surface area contributed by atoms with Crippen molar-refractivity contribution in [3.8, 4) is 5.75 Å². The van der Waals surface area contributed by atoms with Crippen molar-refractivity contribution < 1.29 is 39.5 Å². The first-order chi connectivity index (χ1) is 22.1. The maximum Gasteiger partial charge on any atom is 0.323 e. The van der Waals surface area contributed by atoms with Crippen LogP contribution in [0.5, 0.6) is 5.75 Å². The molecule has 0 aliphatic heterocycles. The summed E-state index contributed by atoms with van der Waals surface area (Å²) in [5, 5.41) is 46.2. The molecule has 11 nitrogen and oxygen atoms in total. The molecule has 3 aromatic carbocycles. The van der Waals surface area contributed by atoms with Crippen LogP contribution in [0.3, 0.4) is 0 Å². The number of hydrogen-bond acceptors (Lipinski definition) is 8. The normalized spacial score (nSPS) is 11.3. The molecular formula is C33H43Cl2N3O8. The Kier molecular flexibility index (Phi) is 18.7. The number of urea groups is 1. The van der Waals surface area contributed by atoms with E-state index in [0.717, 1.165) is 44.7 Å². The SMILES string of the molecule is CC(=O)O.O=C(Nc1cc(Cl)cc(Cl)c1)Nc1ccccc1COCCOCCCCCCNC[C@H](O)c1ccc(O)c(CO)c1. The lowest BCUT2D eigenvalue weighted by Crippen LogP contribution is -2.22. The predicted molar refractivity (Wildman–Crippen MR) is 180 cm³/mol. The average Bonchev–Trinajstić information content (AvgIpc) is 2.99. The zero-order chi connectivity index (χ0) is 33.7. The third kappa shape index (κ3) is 16.2. The summed E-state index contributed by atoms with van der Waals surface area (Å²) in [6.45, 7) is 3.94. The molecule has 0 fully saturated rings. The molecule has 252 valence electrons. The molecule has 0 heterocycles. The molecular weight excluding hydrogens is 637 g/mol. The van der Waals surface area contributed by atoms with Gasteiger partial charge < -0.3 is 45.9 Å². The van der Waals surface area contributed by atoms with Gasteiger partial charge in [-0.1, -0.05) is 60.3 Å². The number of rotatable bonds is 18. The first kappa shape index (κ1) is 38.8. The third-order valence-electron chi connectivity index (χ3n) is 6.40. The molecule has 0 spiro atoms. The van der Waals surface area contributed by atoms with E-state index in [-0.39, 0.29) is 12.4 Å². The standard InChI is InChI=1S/C31H39Cl2N3O6.C2H4O2/c32-25-16-26(33)18-27(17-25)35-31(40)36-28-8-4-3-7-23(28)21-42-14-13-41-12-6-2-1-5-11-34-19-30(39)22-9-10-29(38)24(15-22)20-37;1-2(3)4/h3-4,7-10,15-18,30,34,37-39H,1-2,5-6,11-14,19-21H2,(H2,35,36,40);1H3,(H,3,4)/t30-;/m0./s1. The van der Waals surface area contributed by atoms with E-state index < -0.39 is 18.1 Å². The smallest absolute Gasteiger partial charge is 0.323 e. The van der Waals surface area contributed by atoms with Crippen LogP contribution in [-0.4, -0.2) is 65.3 Å². The molecule has 0 saturated carbocycles. The molecule has 0 unspecified atom stereocenters. The highest BCUT2D eigenvalue weighted by atomic mass is 35.5. The first-order valence-corrected chi connectivity index (χ1v) is 15.6. The van der Waals surface area contributed by atoms with Gasteiger partial charge in [0.2, 0.25) is 0 Å². The highest BCUT2D eigenvalue weighted by Crippen LogP contribution is 2.24. The Morgan fingerprint density at radius 2 is 1.52 bits per heavy atom. The van der Waals surface area contributed by atoms with Crippen LogP contribution in [0.15, 0.2) is 60.7 Å². The second-order valence-corrected chi connectivity index (χ2v) is 11.1. The molecule has 7 N–H and O–H groups in total. The minimum absolute atomic E-state index is 0.0254. The minimum Gasteiger partial charge on any atom is -0.508 e. The fourth-order valence-electron chi connectivity index (χ4n) is 4.18. The number of halogens is 2. The first-order valence-electron chi connectivity index (χ1n) is 14.9. The van der Waals surface area contributed by atoms with Crippen LogP contribution >= 0.6 is 23.2 Å². The molecule has 0 saturated heterocycles. The van der Waals surface area contributed by atoms with Crippen molar-refractivity contribution in [1.29, 1.82) is 0 Å². The largest absolute Gasteiger partial charge is 0.508 e. The highest BCUT2D eigenvalue weighted by molar-refractivity contribution is 6.35. The topological polar surface area (TPSA) is 170 Å². The van der Waals surface area contributed by atoms with Crippen LogP contribution in [0.2, 0.25) is 10.0 Å². The van der Waals surface area contributed by atoms with Gasteiger partial charge in [-0.05, 0) is 61.3 Å². The van der Waals surface area contributed by atoms with Gasteiger partial charge in [0, 0.05) is 52.6 Å². The van der Waals surface area contributed by atoms with Crippen molar-refractivity contribution in [3.63, 3.8) is 0 Å². The second kappa shape index (κ2) is 22.2. The number of aliphatic hydroxyl groups is 2. The number of aliphatic carboxylic acids is 1. The number of benzene rings is 3. The molecule has 0 bridgehead atoms. The lowest BCUT2D eigenvalue weighted by atomic mass is 10.1. The van der Waals surface area contributed by atoms with Gasteiger partial charge in [0.05, 0.1) is 32.5 Å². The molecule has 13 heteroatoms. The number of hydrogen-bond donors (Lipinski definition) is 7. The van der Waals surface area contributed by atoms with Crippen LogP contribution in [-0.2, 0) is 27.5 Å². The molecule has 0 aliphatic rings. The van der Waals surface area contributed by atoms with Gasteiger partial charge in [-0.25, -0.2) is 4.79 Å². The number of carboxylic acids is 1. The van der Waals surface area contributed by atoms with E-state index in [1.165, 1.54) is 6.07 Å². The predicted octanol–water partition coefficient (Wildman–Crippen LogP) is 6.34. The maximum absolute atomic E-state index is 12.4. The molecule has 0 aromatic heterocycles. The van der Waals surface area contributed by atoms with Gasteiger partial charge in [0.25, 0.3) is 5.97 Å². The van der Waals surface area contributed by atoms with E-state index in [0.29, 0.717) is 65.5 Å². The van der Waals surface area contributed by atoms with Gasteiger partial charge in [-0.3, -0.25) is 4.79 Å². The number of carboxylic acid groups (broad SMARTS) is 1. The highest BCUT2D eigenvalue weighted by Gasteiger charge is 2.10. The van der Waals surface area contributed by atoms with E-state index in [9.17, 15) is 20.1 Å². The Bertz CT molecular complexity index is 1340. The number of aliphatic hydroxyl groups excluding tert-OH is 2. The quantitative estimate of drug-likeness (QED) is 0.0758. The summed E-state index contributed by atoms with van der Waals surface area (Å²) in [6, 6.07) is 16.6. The van der Waals surface area contributed by atoms with Crippen LogP contribution in [0.1, 0.15) is 55.4 Å². The Balaban J connectivity index is 0.00000173. The summed E-state index contributed by atoms with van der Waals surface area (Å²) in [7, 11) is 0. The van der Waals surface area contributed by atoms with Crippen molar-refractivity contribution in [3.05, 3.63) is 87.4 Å². The molecule has 3 rings (SSSR count). The summed E-state index contributed by atoms with van der Waals surface area (Å²) in [5.41, 5.74) is 3.05. The number of aromatic hydroxyl groups is 1. The average molecular weight is 681 g/mol. The van der Waals surface area contributed by atoms with Crippen LogP contribution in [0.4, 0.5) is 16.2 Å². The molecule has 0 radical (unpaired) electrons. The Hall–Kier alpha value is -3.42. The van der Waals surface area contributed by atoms with E-state index in [1.54, 1.807) is 36.4 Å². The summed E-state index contributed by atoms with van der Waals surface area (Å²) in [4.78, 5) is 21.4. The van der Waals surface area contributed by atoms with Gasteiger partial charge in [0.15, 0.2) is 0 Å². The van der Waals surface area contributed by atoms with E-state index in [1.807, 2.05) is 18.2 Å². The fourth-order valence-corrected chi connectivity index (χ4v) is 4.71. The second-order valence-electron chi connectivity index (χ2n) is 10.3. The van der Waals surface area contributed by atoms with Gasteiger partial charge >= 0.3 is 6.03 Å². The lowest BCUT2D eigenvalue weighted by molar-refractivity contribution is -0.134. The monoisotopic (exact) mass is 679 g/mol. The number of nitrogens with one attached hydrogen (secondary N) is 3. The Morgan fingerprint density at radius 3 is 2.24 bits per heavy atom. The van der Waals surface area contributed by atoms with E-state index in [2.05, 4.69) is 16.0 Å². The Labute approximate surface area is 279 Å². The molecule has 46 heavy (non-hydrogen) atoms. The van der Waals surface area contributed by atoms with Crippen molar-refractivity contribution in [1.82, 2.24) is 5.32 Å². The number of anilines is 2. The Morgan fingerprint density at radius 1 is 0.848 bits per heavy atom. The molecule has 0 aliphatic carbocycles. The summed E-state index contributed by atoms with van der Waals surface area (Å²) in [6.07, 6.45) is 3.35. The zero-order valence-electron chi connectivity index (χ0n) is 25.8. The number of ether oxygens (including phenoxy) is 2. The number of carbonyl (C=O) groups excluding carboxylic acids is 1. The van der Waals surface area contributed by atoms with E-state index in [4.69, 9.17) is 42.6 Å². The number of unbranched alkanes of at least 4 members (excludes halogenated alkanes) is 3. The van der Waals surface area contributed by atoms with Gasteiger partial charge in [0.1, 0.15) is 5.75 Å². The maximum atomic E-state index is 12.4. The van der Waals surface area contributed by atoms with Gasteiger partial charge in [-0.2, -0.15) is 0 Å². The van der Waals surface area contributed by atoms with Gasteiger partial charge in [-0.15, -0.1) is 0 Å². The fraction of sp³-hybridized carbons (Fsp3) is 0.394. The number of para-hydroxylation sites is 1. The van der Waals surface area contributed by atoms with Crippen molar-refractivity contribution in [2.75, 3.05) is 43.5 Å². The third-order valence-corrected chi connectivity index (χ3v) is 6.84. The summed E-state index contributed by atoms with van der Waals surface area (Å²) < 4.78 is 11.4.